The zero-order valence-corrected chi connectivity index (χ0v) is 10.0. The van der Waals surface area contributed by atoms with Gasteiger partial charge in [-0.05, 0) is 20.3 Å². The Morgan fingerprint density at radius 2 is 2.13 bits per heavy atom. The molecule has 4 nitrogen and oxygen atoms in total. The first kappa shape index (κ1) is 14.4. The Balaban J connectivity index is 3.30. The van der Waals surface area contributed by atoms with Gasteiger partial charge >= 0.3 is 5.97 Å². The lowest BCUT2D eigenvalue weighted by atomic mass is 10.4. The molecule has 0 amide bonds. The molecule has 0 aromatic carbocycles. The van der Waals surface area contributed by atoms with Gasteiger partial charge in [0.1, 0.15) is 0 Å². The van der Waals surface area contributed by atoms with Crippen molar-refractivity contribution < 1.29 is 14.3 Å². The number of esters is 1. The first-order valence-electron chi connectivity index (χ1n) is 5.68. The fourth-order valence-electron chi connectivity index (χ4n) is 1.10. The minimum Gasteiger partial charge on any atom is -0.465 e. The van der Waals surface area contributed by atoms with E-state index in [1.54, 1.807) is 0 Å². The molecule has 90 valence electrons. The summed E-state index contributed by atoms with van der Waals surface area (Å²) in [6.45, 7) is 8.16. The van der Waals surface area contributed by atoms with Crippen molar-refractivity contribution in [3.8, 4) is 0 Å². The molecule has 0 aliphatic heterocycles. The molecule has 4 heteroatoms. The van der Waals surface area contributed by atoms with E-state index < -0.39 is 0 Å². The van der Waals surface area contributed by atoms with Gasteiger partial charge in [-0.15, -0.1) is 0 Å². The zero-order valence-electron chi connectivity index (χ0n) is 10.0. The Hall–Kier alpha value is -0.610. The van der Waals surface area contributed by atoms with E-state index in [4.69, 9.17) is 9.47 Å². The number of hydrogen-bond donors (Lipinski definition) is 1. The Bertz CT molecular complexity index is 162. The van der Waals surface area contributed by atoms with Crippen LogP contribution in [0.1, 0.15) is 33.6 Å². The van der Waals surface area contributed by atoms with E-state index in [9.17, 15) is 4.79 Å². The molecule has 1 N–H and O–H groups in total. The molecular weight excluding hydrogens is 194 g/mol. The Labute approximate surface area is 92.3 Å². The monoisotopic (exact) mass is 217 g/mol. The van der Waals surface area contributed by atoms with Crippen LogP contribution in [0.4, 0.5) is 0 Å². The van der Waals surface area contributed by atoms with Gasteiger partial charge in [0.05, 0.1) is 19.3 Å². The topological polar surface area (TPSA) is 47.6 Å². The van der Waals surface area contributed by atoms with Crippen LogP contribution in [0.5, 0.6) is 0 Å². The molecular formula is C11H23NO3. The van der Waals surface area contributed by atoms with Gasteiger partial charge in [-0.3, -0.25) is 4.79 Å². The average Bonchev–Trinajstić information content (AvgIpc) is 2.18. The fraction of sp³-hybridized carbons (Fsp3) is 0.909. The summed E-state index contributed by atoms with van der Waals surface area (Å²) < 4.78 is 10.3. The standard InChI is InChI=1S/C11H23NO3/c1-4-6-7-15-11(13)9-12-8-10(3)14-5-2/h10,12H,4-9H2,1-3H3. The normalized spacial score (nSPS) is 12.5. The van der Waals surface area contributed by atoms with Gasteiger partial charge in [-0.25, -0.2) is 0 Å². The second kappa shape index (κ2) is 9.93. The molecule has 0 heterocycles. The van der Waals surface area contributed by atoms with Crippen molar-refractivity contribution in [1.82, 2.24) is 5.32 Å². The number of hydrogen-bond acceptors (Lipinski definition) is 4. The maximum Gasteiger partial charge on any atom is 0.319 e. The van der Waals surface area contributed by atoms with E-state index in [1.807, 2.05) is 13.8 Å². The van der Waals surface area contributed by atoms with Crippen LogP contribution in [0.2, 0.25) is 0 Å². The molecule has 0 saturated carbocycles. The van der Waals surface area contributed by atoms with E-state index in [-0.39, 0.29) is 18.6 Å². The van der Waals surface area contributed by atoms with Crippen molar-refractivity contribution in [3.63, 3.8) is 0 Å². The number of unbranched alkanes of at least 4 members (excludes halogenated alkanes) is 1. The summed E-state index contributed by atoms with van der Waals surface area (Å²) in [5.74, 6) is -0.188. The van der Waals surface area contributed by atoms with Crippen molar-refractivity contribution in [2.75, 3.05) is 26.3 Å². The van der Waals surface area contributed by atoms with Crippen molar-refractivity contribution in [2.24, 2.45) is 0 Å². The summed E-state index contributed by atoms with van der Waals surface area (Å²) in [6, 6.07) is 0. The molecule has 0 bridgehead atoms. The van der Waals surface area contributed by atoms with Crippen LogP contribution in [0.25, 0.3) is 0 Å². The number of nitrogens with one attached hydrogen (secondary N) is 1. The smallest absolute Gasteiger partial charge is 0.319 e. The Kier molecular flexibility index (Phi) is 9.52. The molecule has 0 saturated heterocycles. The second-order valence-corrected chi connectivity index (χ2v) is 3.47. The molecule has 0 spiro atoms. The molecule has 1 unspecified atom stereocenters. The predicted octanol–water partition coefficient (Wildman–Crippen LogP) is 1.34. The molecule has 0 aliphatic carbocycles. The van der Waals surface area contributed by atoms with Gasteiger partial charge in [0.25, 0.3) is 0 Å². The second-order valence-electron chi connectivity index (χ2n) is 3.47. The molecule has 0 radical (unpaired) electrons. The number of carbonyl (C=O) groups excluding carboxylic acids is 1. The first-order chi connectivity index (χ1) is 7.20. The van der Waals surface area contributed by atoms with Gasteiger partial charge < -0.3 is 14.8 Å². The van der Waals surface area contributed by atoms with Gasteiger partial charge in [0.2, 0.25) is 0 Å². The van der Waals surface area contributed by atoms with Crippen LogP contribution in [0, 0.1) is 0 Å². The third-order valence-corrected chi connectivity index (χ3v) is 1.91. The molecule has 0 aromatic heterocycles. The molecule has 15 heavy (non-hydrogen) atoms. The van der Waals surface area contributed by atoms with Crippen molar-refractivity contribution in [2.45, 2.75) is 39.7 Å². The fourth-order valence-corrected chi connectivity index (χ4v) is 1.10. The first-order valence-corrected chi connectivity index (χ1v) is 5.68. The minimum absolute atomic E-state index is 0.137. The molecule has 0 aromatic rings. The van der Waals surface area contributed by atoms with Gasteiger partial charge in [-0.1, -0.05) is 13.3 Å². The largest absolute Gasteiger partial charge is 0.465 e. The summed E-state index contributed by atoms with van der Waals surface area (Å²) in [5.41, 5.74) is 0. The van der Waals surface area contributed by atoms with Crippen molar-refractivity contribution in [3.05, 3.63) is 0 Å². The van der Waals surface area contributed by atoms with Crippen LogP contribution >= 0.6 is 0 Å². The maximum absolute atomic E-state index is 11.1. The summed E-state index contributed by atoms with van der Waals surface area (Å²) >= 11 is 0. The Morgan fingerprint density at radius 3 is 2.73 bits per heavy atom. The van der Waals surface area contributed by atoms with Crippen LogP contribution in [-0.2, 0) is 14.3 Å². The summed E-state index contributed by atoms with van der Waals surface area (Å²) in [7, 11) is 0. The maximum atomic E-state index is 11.1. The quantitative estimate of drug-likeness (QED) is 0.468. The number of carbonyl (C=O) groups is 1. The zero-order chi connectivity index (χ0) is 11.5. The summed E-state index contributed by atoms with van der Waals surface area (Å²) in [5, 5.41) is 3.00. The van der Waals surface area contributed by atoms with Crippen LogP contribution < -0.4 is 5.32 Å². The highest BCUT2D eigenvalue weighted by molar-refractivity contribution is 5.71. The van der Waals surface area contributed by atoms with E-state index in [1.165, 1.54) is 0 Å². The van der Waals surface area contributed by atoms with E-state index in [0.29, 0.717) is 19.8 Å². The minimum atomic E-state index is -0.188. The van der Waals surface area contributed by atoms with E-state index >= 15 is 0 Å². The van der Waals surface area contributed by atoms with Crippen molar-refractivity contribution >= 4 is 5.97 Å². The lowest BCUT2D eigenvalue weighted by molar-refractivity contribution is -0.142. The highest BCUT2D eigenvalue weighted by atomic mass is 16.5. The average molecular weight is 217 g/mol. The lowest BCUT2D eigenvalue weighted by Crippen LogP contribution is -2.32. The lowest BCUT2D eigenvalue weighted by Gasteiger charge is -2.12. The van der Waals surface area contributed by atoms with Gasteiger partial charge in [0, 0.05) is 13.2 Å². The van der Waals surface area contributed by atoms with Crippen LogP contribution in [0.15, 0.2) is 0 Å². The molecule has 1 atom stereocenters. The molecule has 0 fully saturated rings. The summed E-state index contributed by atoms with van der Waals surface area (Å²) in [6.07, 6.45) is 2.11. The highest BCUT2D eigenvalue weighted by Gasteiger charge is 2.04. The molecule has 0 aliphatic rings. The summed E-state index contributed by atoms with van der Waals surface area (Å²) in [4.78, 5) is 11.1. The SMILES string of the molecule is CCCCOC(=O)CNCC(C)OCC. The van der Waals surface area contributed by atoms with Crippen LogP contribution in [0.3, 0.4) is 0 Å². The van der Waals surface area contributed by atoms with Gasteiger partial charge in [-0.2, -0.15) is 0 Å². The van der Waals surface area contributed by atoms with Gasteiger partial charge in [0.15, 0.2) is 0 Å². The van der Waals surface area contributed by atoms with Crippen LogP contribution in [-0.4, -0.2) is 38.4 Å². The third-order valence-electron chi connectivity index (χ3n) is 1.91. The highest BCUT2D eigenvalue weighted by Crippen LogP contribution is 1.89. The predicted molar refractivity (Wildman–Crippen MR) is 59.8 cm³/mol. The van der Waals surface area contributed by atoms with E-state index in [2.05, 4.69) is 12.2 Å². The van der Waals surface area contributed by atoms with Crippen molar-refractivity contribution in [1.29, 1.82) is 0 Å². The van der Waals surface area contributed by atoms with E-state index in [0.717, 1.165) is 12.8 Å². The number of ether oxygens (including phenoxy) is 2. The number of rotatable bonds is 9. The molecule has 0 rings (SSSR count). The Morgan fingerprint density at radius 1 is 1.40 bits per heavy atom. The third kappa shape index (κ3) is 9.69.